The second kappa shape index (κ2) is 7.06. The third-order valence-electron chi connectivity index (χ3n) is 2.21. The van der Waals surface area contributed by atoms with Gasteiger partial charge in [-0.25, -0.2) is 4.68 Å². The number of nitrogens with zero attached hydrogens (tertiary/aromatic N) is 3. The molecule has 1 rings (SSSR count). The predicted octanol–water partition coefficient (Wildman–Crippen LogP) is 1.89. The fraction of sp³-hybridized carbons (Fsp3) is 0.455. The molecule has 0 saturated heterocycles. The Morgan fingerprint density at radius 3 is 2.83 bits per heavy atom. The fourth-order valence-electron chi connectivity index (χ4n) is 1.23. The minimum Gasteiger partial charge on any atom is -0.378 e. The molecule has 0 radical (unpaired) electrons. The van der Waals surface area contributed by atoms with E-state index >= 15 is 0 Å². The first-order valence-corrected chi connectivity index (χ1v) is 6.98. The summed E-state index contributed by atoms with van der Waals surface area (Å²) in [7, 11) is 3.91. The summed E-state index contributed by atoms with van der Waals surface area (Å²) in [5.41, 5.74) is 0.531. The summed E-state index contributed by atoms with van der Waals surface area (Å²) < 4.78 is 2.74. The van der Waals surface area contributed by atoms with Crippen molar-refractivity contribution in [3.05, 3.63) is 32.1 Å². The second-order valence-electron chi connectivity index (χ2n) is 4.07. The van der Waals surface area contributed by atoms with Crippen molar-refractivity contribution < 1.29 is 0 Å². The monoisotopic (exact) mass is 378 g/mol. The van der Waals surface area contributed by atoms with Crippen molar-refractivity contribution in [2.45, 2.75) is 6.54 Å². The summed E-state index contributed by atoms with van der Waals surface area (Å²) in [6.45, 7) is 5.59. The van der Waals surface area contributed by atoms with Gasteiger partial charge in [0.2, 0.25) is 0 Å². The molecule has 100 valence electrons. The van der Waals surface area contributed by atoms with Gasteiger partial charge in [0.05, 0.1) is 18.4 Å². The van der Waals surface area contributed by atoms with Crippen LogP contribution in [0.3, 0.4) is 0 Å². The first-order valence-electron chi connectivity index (χ1n) is 5.39. The standard InChI is InChI=1S/C11H16Br2N4O/c1-8(12)6-14-9-7-15-17(5-4-16(2)3)11(18)10(9)13/h7,14H,1,4-6H2,2-3H3. The van der Waals surface area contributed by atoms with Crippen LogP contribution in [0.5, 0.6) is 0 Å². The van der Waals surface area contributed by atoms with E-state index in [0.29, 0.717) is 23.2 Å². The third-order valence-corrected chi connectivity index (χ3v) is 3.26. The average Bonchev–Trinajstić information content (AvgIpc) is 2.29. The topological polar surface area (TPSA) is 50.2 Å². The Bertz CT molecular complexity index is 484. The van der Waals surface area contributed by atoms with Gasteiger partial charge in [-0.2, -0.15) is 5.10 Å². The molecule has 1 heterocycles. The van der Waals surface area contributed by atoms with Gasteiger partial charge in [0.25, 0.3) is 5.56 Å². The lowest BCUT2D eigenvalue weighted by molar-refractivity contribution is 0.367. The Balaban J connectivity index is 2.84. The molecule has 1 aromatic heterocycles. The lowest BCUT2D eigenvalue weighted by atomic mass is 10.4. The van der Waals surface area contributed by atoms with E-state index in [9.17, 15) is 4.79 Å². The number of hydrogen-bond donors (Lipinski definition) is 1. The number of halogens is 2. The zero-order valence-electron chi connectivity index (χ0n) is 10.4. The fourth-order valence-corrected chi connectivity index (χ4v) is 1.82. The van der Waals surface area contributed by atoms with Crippen LogP contribution in [0.25, 0.3) is 0 Å². The summed E-state index contributed by atoms with van der Waals surface area (Å²) in [5, 5.41) is 7.19. The van der Waals surface area contributed by atoms with Crippen molar-refractivity contribution in [1.82, 2.24) is 14.7 Å². The van der Waals surface area contributed by atoms with Crippen molar-refractivity contribution in [3.8, 4) is 0 Å². The molecule has 7 heteroatoms. The maximum atomic E-state index is 12.0. The average molecular weight is 380 g/mol. The third kappa shape index (κ3) is 4.55. The summed E-state index contributed by atoms with van der Waals surface area (Å²) in [4.78, 5) is 14.0. The molecule has 0 aliphatic carbocycles. The molecule has 0 aromatic carbocycles. The highest BCUT2D eigenvalue weighted by molar-refractivity contribution is 9.11. The van der Waals surface area contributed by atoms with Gasteiger partial charge in [0.15, 0.2) is 0 Å². The van der Waals surface area contributed by atoms with E-state index in [4.69, 9.17) is 0 Å². The predicted molar refractivity (Wildman–Crippen MR) is 81.3 cm³/mol. The lowest BCUT2D eigenvalue weighted by Crippen LogP contribution is -2.29. The Hall–Kier alpha value is -0.660. The summed E-state index contributed by atoms with van der Waals surface area (Å²) in [5.74, 6) is 0. The van der Waals surface area contributed by atoms with Crippen LogP contribution >= 0.6 is 31.9 Å². The van der Waals surface area contributed by atoms with E-state index in [0.717, 1.165) is 11.0 Å². The van der Waals surface area contributed by atoms with Crippen LogP contribution in [-0.2, 0) is 6.54 Å². The molecule has 0 unspecified atom stereocenters. The van der Waals surface area contributed by atoms with Crippen LogP contribution in [0.2, 0.25) is 0 Å². The first-order chi connectivity index (χ1) is 8.41. The number of anilines is 1. The van der Waals surface area contributed by atoms with Gasteiger partial charge in [-0.15, -0.1) is 0 Å². The highest BCUT2D eigenvalue weighted by Gasteiger charge is 2.08. The maximum absolute atomic E-state index is 12.0. The molecule has 0 aliphatic heterocycles. The quantitative estimate of drug-likeness (QED) is 0.819. The van der Waals surface area contributed by atoms with Crippen LogP contribution in [0, 0.1) is 0 Å². The van der Waals surface area contributed by atoms with Gasteiger partial charge in [0, 0.05) is 17.6 Å². The Kier molecular flexibility index (Phi) is 6.04. The van der Waals surface area contributed by atoms with Gasteiger partial charge in [-0.1, -0.05) is 22.5 Å². The normalized spacial score (nSPS) is 10.7. The van der Waals surface area contributed by atoms with Crippen LogP contribution in [0.4, 0.5) is 5.69 Å². The summed E-state index contributed by atoms with van der Waals surface area (Å²) >= 11 is 6.54. The summed E-state index contributed by atoms with van der Waals surface area (Å²) in [6, 6.07) is 0. The van der Waals surface area contributed by atoms with Gasteiger partial charge in [-0.3, -0.25) is 4.79 Å². The van der Waals surface area contributed by atoms with Gasteiger partial charge >= 0.3 is 0 Å². The lowest BCUT2D eigenvalue weighted by Gasteiger charge is -2.12. The molecule has 1 N–H and O–H groups in total. The van der Waals surface area contributed by atoms with E-state index in [1.54, 1.807) is 6.20 Å². The largest absolute Gasteiger partial charge is 0.378 e. The molecule has 0 bridgehead atoms. The van der Waals surface area contributed by atoms with Gasteiger partial charge < -0.3 is 10.2 Å². The molecule has 0 fully saturated rings. The number of nitrogens with one attached hydrogen (secondary N) is 1. The van der Waals surface area contributed by atoms with Crippen molar-refractivity contribution in [2.24, 2.45) is 0 Å². The van der Waals surface area contributed by atoms with E-state index in [1.165, 1.54) is 4.68 Å². The number of likely N-dealkylation sites (N-methyl/N-ethyl adjacent to an activating group) is 1. The Morgan fingerprint density at radius 1 is 1.61 bits per heavy atom. The molecule has 0 aliphatic rings. The highest BCUT2D eigenvalue weighted by atomic mass is 79.9. The van der Waals surface area contributed by atoms with Crippen LogP contribution in [-0.4, -0.2) is 41.9 Å². The highest BCUT2D eigenvalue weighted by Crippen LogP contribution is 2.16. The van der Waals surface area contributed by atoms with Gasteiger partial charge in [0.1, 0.15) is 4.47 Å². The Morgan fingerprint density at radius 2 is 2.28 bits per heavy atom. The van der Waals surface area contributed by atoms with Gasteiger partial charge in [-0.05, 0) is 30.0 Å². The number of aromatic nitrogens is 2. The number of rotatable bonds is 6. The molecule has 0 spiro atoms. The van der Waals surface area contributed by atoms with Crippen molar-refractivity contribution in [3.63, 3.8) is 0 Å². The second-order valence-corrected chi connectivity index (χ2v) is 5.99. The smallest absolute Gasteiger partial charge is 0.283 e. The molecule has 18 heavy (non-hydrogen) atoms. The minimum atomic E-state index is -0.137. The van der Waals surface area contributed by atoms with E-state index in [1.807, 2.05) is 19.0 Å². The van der Waals surface area contributed by atoms with E-state index in [-0.39, 0.29) is 5.56 Å². The summed E-state index contributed by atoms with van der Waals surface area (Å²) in [6.07, 6.45) is 1.64. The molecular formula is C11H16Br2N4O. The van der Waals surface area contributed by atoms with Crippen molar-refractivity contribution >= 4 is 37.5 Å². The number of hydrogen-bond acceptors (Lipinski definition) is 4. The Labute approximate surface area is 123 Å². The van der Waals surface area contributed by atoms with Crippen LogP contribution in [0.15, 0.2) is 26.5 Å². The molecule has 0 amide bonds. The SMILES string of the molecule is C=C(Br)CNc1cnn(CCN(C)C)c(=O)c1Br. The molecule has 5 nitrogen and oxygen atoms in total. The van der Waals surface area contributed by atoms with Crippen molar-refractivity contribution in [2.75, 3.05) is 32.5 Å². The zero-order valence-corrected chi connectivity index (χ0v) is 13.6. The molecular weight excluding hydrogens is 364 g/mol. The van der Waals surface area contributed by atoms with E-state index < -0.39 is 0 Å². The molecule has 0 atom stereocenters. The van der Waals surface area contributed by atoms with Crippen molar-refractivity contribution in [1.29, 1.82) is 0 Å². The first kappa shape index (κ1) is 15.4. The minimum absolute atomic E-state index is 0.137. The molecule has 0 saturated carbocycles. The zero-order chi connectivity index (χ0) is 13.7. The van der Waals surface area contributed by atoms with Crippen LogP contribution in [0.1, 0.15) is 0 Å². The maximum Gasteiger partial charge on any atom is 0.283 e. The van der Waals surface area contributed by atoms with E-state index in [2.05, 4.69) is 48.9 Å². The van der Waals surface area contributed by atoms with Crippen LogP contribution < -0.4 is 10.9 Å². The molecule has 1 aromatic rings.